The zero-order chi connectivity index (χ0) is 13.4. The summed E-state index contributed by atoms with van der Waals surface area (Å²) in [6.07, 6.45) is 0.925. The SMILES string of the molecule is CCCOc1cc(C)nc(NCCNC(N)=O)n1. The first-order valence-corrected chi connectivity index (χ1v) is 5.87. The van der Waals surface area contributed by atoms with Crippen LogP contribution in [0.4, 0.5) is 10.7 Å². The molecule has 0 atom stereocenters. The number of aromatic nitrogens is 2. The van der Waals surface area contributed by atoms with Crippen molar-refractivity contribution in [2.75, 3.05) is 25.0 Å². The number of carbonyl (C=O) groups is 1. The van der Waals surface area contributed by atoms with Crippen LogP contribution in [0.1, 0.15) is 19.0 Å². The zero-order valence-corrected chi connectivity index (χ0v) is 10.7. The Hall–Kier alpha value is -2.05. The van der Waals surface area contributed by atoms with Crippen LogP contribution in [0.2, 0.25) is 0 Å². The molecule has 0 unspecified atom stereocenters. The summed E-state index contributed by atoms with van der Waals surface area (Å²) >= 11 is 0. The van der Waals surface area contributed by atoms with E-state index < -0.39 is 6.03 Å². The van der Waals surface area contributed by atoms with Gasteiger partial charge in [0.25, 0.3) is 0 Å². The van der Waals surface area contributed by atoms with Crippen LogP contribution in [-0.2, 0) is 0 Å². The Balaban J connectivity index is 2.48. The molecule has 1 heterocycles. The van der Waals surface area contributed by atoms with E-state index in [1.54, 1.807) is 6.07 Å². The molecule has 0 spiro atoms. The zero-order valence-electron chi connectivity index (χ0n) is 10.7. The number of hydrogen-bond donors (Lipinski definition) is 3. The predicted octanol–water partition coefficient (Wildman–Crippen LogP) is 0.654. The van der Waals surface area contributed by atoms with Crippen LogP contribution < -0.4 is 21.1 Å². The Morgan fingerprint density at radius 1 is 1.44 bits per heavy atom. The van der Waals surface area contributed by atoms with Crippen LogP contribution in [0.25, 0.3) is 0 Å². The number of ether oxygens (including phenoxy) is 1. The summed E-state index contributed by atoms with van der Waals surface area (Å²) in [6, 6.07) is 1.23. The van der Waals surface area contributed by atoms with Gasteiger partial charge in [0, 0.05) is 24.8 Å². The molecule has 2 amide bonds. The number of hydrogen-bond acceptors (Lipinski definition) is 5. The van der Waals surface area contributed by atoms with Gasteiger partial charge in [-0.2, -0.15) is 4.98 Å². The molecular weight excluding hydrogens is 234 g/mol. The molecule has 0 aromatic carbocycles. The van der Waals surface area contributed by atoms with Crippen LogP contribution in [-0.4, -0.2) is 35.7 Å². The van der Waals surface area contributed by atoms with Gasteiger partial charge in [-0.15, -0.1) is 0 Å². The fourth-order valence-corrected chi connectivity index (χ4v) is 1.26. The first-order valence-electron chi connectivity index (χ1n) is 5.87. The maximum Gasteiger partial charge on any atom is 0.312 e. The number of aryl methyl sites for hydroxylation is 1. The molecule has 0 aliphatic carbocycles. The first kappa shape index (κ1) is 14.0. The molecule has 0 aliphatic rings. The van der Waals surface area contributed by atoms with Crippen molar-refractivity contribution in [1.82, 2.24) is 15.3 Å². The van der Waals surface area contributed by atoms with Crippen LogP contribution in [0.15, 0.2) is 6.07 Å². The molecule has 4 N–H and O–H groups in total. The fraction of sp³-hybridized carbons (Fsp3) is 0.545. The van der Waals surface area contributed by atoms with Crippen molar-refractivity contribution in [3.63, 3.8) is 0 Å². The van der Waals surface area contributed by atoms with Crippen molar-refractivity contribution in [1.29, 1.82) is 0 Å². The van der Waals surface area contributed by atoms with E-state index in [-0.39, 0.29) is 0 Å². The van der Waals surface area contributed by atoms with Crippen LogP contribution in [0, 0.1) is 6.92 Å². The minimum atomic E-state index is -0.547. The minimum Gasteiger partial charge on any atom is -0.478 e. The van der Waals surface area contributed by atoms with Crippen molar-refractivity contribution >= 4 is 12.0 Å². The molecule has 0 saturated heterocycles. The van der Waals surface area contributed by atoms with Crippen LogP contribution in [0.3, 0.4) is 0 Å². The smallest absolute Gasteiger partial charge is 0.312 e. The van der Waals surface area contributed by atoms with E-state index in [2.05, 4.69) is 20.6 Å². The topological polar surface area (TPSA) is 102 Å². The predicted molar refractivity (Wildman–Crippen MR) is 68.6 cm³/mol. The number of anilines is 1. The Bertz CT molecular complexity index is 397. The second-order valence-electron chi connectivity index (χ2n) is 3.74. The van der Waals surface area contributed by atoms with Gasteiger partial charge >= 0.3 is 6.03 Å². The summed E-state index contributed by atoms with van der Waals surface area (Å²) < 4.78 is 5.44. The summed E-state index contributed by atoms with van der Waals surface area (Å²) in [5.74, 6) is 1.03. The Labute approximate surface area is 106 Å². The molecule has 100 valence electrons. The molecular formula is C11H19N5O2. The van der Waals surface area contributed by atoms with E-state index in [9.17, 15) is 4.79 Å². The second-order valence-corrected chi connectivity index (χ2v) is 3.74. The summed E-state index contributed by atoms with van der Waals surface area (Å²) in [6.45, 7) is 5.44. The fourth-order valence-electron chi connectivity index (χ4n) is 1.26. The van der Waals surface area contributed by atoms with Gasteiger partial charge in [0.05, 0.1) is 6.61 Å². The number of carbonyl (C=O) groups excluding carboxylic acids is 1. The molecule has 1 aromatic rings. The van der Waals surface area contributed by atoms with Gasteiger partial charge in [0.1, 0.15) is 0 Å². The lowest BCUT2D eigenvalue weighted by Crippen LogP contribution is -2.33. The molecule has 0 radical (unpaired) electrons. The summed E-state index contributed by atoms with van der Waals surface area (Å²) in [7, 11) is 0. The average Bonchev–Trinajstić information content (AvgIpc) is 2.31. The third-order valence-corrected chi connectivity index (χ3v) is 1.99. The van der Waals surface area contributed by atoms with Gasteiger partial charge in [-0.05, 0) is 13.3 Å². The average molecular weight is 253 g/mol. The maximum absolute atomic E-state index is 10.5. The van der Waals surface area contributed by atoms with E-state index in [4.69, 9.17) is 10.5 Å². The Morgan fingerprint density at radius 3 is 2.89 bits per heavy atom. The van der Waals surface area contributed by atoms with Crippen molar-refractivity contribution in [3.8, 4) is 5.88 Å². The molecule has 7 heteroatoms. The number of primary amides is 1. The molecule has 1 rings (SSSR count). The van der Waals surface area contributed by atoms with E-state index in [1.165, 1.54) is 0 Å². The number of nitrogens with zero attached hydrogens (tertiary/aromatic N) is 2. The van der Waals surface area contributed by atoms with Crippen molar-refractivity contribution in [2.45, 2.75) is 20.3 Å². The van der Waals surface area contributed by atoms with Crippen LogP contribution in [0.5, 0.6) is 5.88 Å². The number of nitrogens with two attached hydrogens (primary N) is 1. The lowest BCUT2D eigenvalue weighted by Gasteiger charge is -2.08. The van der Waals surface area contributed by atoms with E-state index >= 15 is 0 Å². The van der Waals surface area contributed by atoms with Crippen molar-refractivity contribution in [3.05, 3.63) is 11.8 Å². The summed E-state index contributed by atoms with van der Waals surface area (Å²) in [5, 5.41) is 5.45. The molecule has 18 heavy (non-hydrogen) atoms. The minimum absolute atomic E-state index is 0.414. The number of rotatable bonds is 7. The maximum atomic E-state index is 10.5. The van der Waals surface area contributed by atoms with Crippen molar-refractivity contribution < 1.29 is 9.53 Å². The van der Waals surface area contributed by atoms with Crippen molar-refractivity contribution in [2.24, 2.45) is 5.73 Å². The largest absolute Gasteiger partial charge is 0.478 e. The van der Waals surface area contributed by atoms with Crippen LogP contribution >= 0.6 is 0 Å². The van der Waals surface area contributed by atoms with E-state index in [1.807, 2.05) is 13.8 Å². The van der Waals surface area contributed by atoms with Gasteiger partial charge in [-0.1, -0.05) is 6.92 Å². The second kappa shape index (κ2) is 7.31. The monoisotopic (exact) mass is 253 g/mol. The quantitative estimate of drug-likeness (QED) is 0.619. The number of nitrogens with one attached hydrogen (secondary N) is 2. The highest BCUT2D eigenvalue weighted by Gasteiger charge is 2.02. The van der Waals surface area contributed by atoms with E-state index in [0.717, 1.165) is 12.1 Å². The lowest BCUT2D eigenvalue weighted by molar-refractivity contribution is 0.249. The Kier molecular flexibility index (Phi) is 5.69. The van der Waals surface area contributed by atoms with Gasteiger partial charge in [-0.3, -0.25) is 0 Å². The normalized spacial score (nSPS) is 9.89. The van der Waals surface area contributed by atoms with Gasteiger partial charge in [0.15, 0.2) is 0 Å². The first-order chi connectivity index (χ1) is 8.61. The third kappa shape index (κ3) is 5.33. The molecule has 0 fully saturated rings. The molecule has 0 saturated carbocycles. The number of amides is 2. The highest BCUT2D eigenvalue weighted by atomic mass is 16.5. The molecule has 0 bridgehead atoms. The standard InChI is InChI=1S/C11H19N5O2/c1-3-6-18-9-7-8(2)15-11(16-9)14-5-4-13-10(12)17/h7H,3-6H2,1-2H3,(H3,12,13,17)(H,14,15,16). The van der Waals surface area contributed by atoms with E-state index in [0.29, 0.717) is 31.5 Å². The Morgan fingerprint density at radius 2 is 2.22 bits per heavy atom. The highest BCUT2D eigenvalue weighted by Crippen LogP contribution is 2.11. The third-order valence-electron chi connectivity index (χ3n) is 1.99. The van der Waals surface area contributed by atoms with Gasteiger partial charge in [-0.25, -0.2) is 9.78 Å². The molecule has 0 aliphatic heterocycles. The lowest BCUT2D eigenvalue weighted by atomic mass is 10.4. The highest BCUT2D eigenvalue weighted by molar-refractivity contribution is 5.71. The van der Waals surface area contributed by atoms with Gasteiger partial charge in [0.2, 0.25) is 11.8 Å². The molecule has 7 nitrogen and oxygen atoms in total. The number of urea groups is 1. The molecule has 1 aromatic heterocycles. The summed E-state index contributed by atoms with van der Waals surface area (Å²) in [5.41, 5.74) is 5.77. The van der Waals surface area contributed by atoms with Gasteiger partial charge < -0.3 is 21.1 Å². The summed E-state index contributed by atoms with van der Waals surface area (Å²) in [4.78, 5) is 18.9.